The summed E-state index contributed by atoms with van der Waals surface area (Å²) in [5.74, 6) is -1.54. The third kappa shape index (κ3) is 3.67. The van der Waals surface area contributed by atoms with Crippen molar-refractivity contribution >= 4 is 34.5 Å². The molecule has 5 aliphatic carbocycles. The normalized spacial score (nSPS) is 47.0. The molecule has 4 unspecified atom stereocenters. The van der Waals surface area contributed by atoms with E-state index < -0.39 is 34.3 Å². The van der Waals surface area contributed by atoms with Crippen LogP contribution >= 0.6 is 17.0 Å². The lowest BCUT2D eigenvalue weighted by molar-refractivity contribution is -0.337. The molecule has 3 N–H and O–H groups in total. The molecule has 1 spiro atoms. The molecule has 43 heavy (non-hydrogen) atoms. The number of hydrogen-bond acceptors (Lipinski definition) is 9. The summed E-state index contributed by atoms with van der Waals surface area (Å²) in [6.07, 6.45) is 1.91. The van der Waals surface area contributed by atoms with Gasteiger partial charge in [-0.3, -0.25) is 9.69 Å². The molecule has 10 nitrogen and oxygen atoms in total. The molecule has 238 valence electrons. The van der Waals surface area contributed by atoms with E-state index in [-0.39, 0.29) is 64.8 Å². The molecule has 1 aliphatic heterocycles. The number of likely N-dealkylation sites (N-methyl/N-ethyl adjacent to an activating group) is 1. The van der Waals surface area contributed by atoms with E-state index in [0.717, 1.165) is 0 Å². The van der Waals surface area contributed by atoms with Crippen molar-refractivity contribution in [1.29, 1.82) is 0 Å². The van der Waals surface area contributed by atoms with E-state index in [2.05, 4.69) is 17.1 Å². The lowest BCUT2D eigenvalue weighted by Crippen LogP contribution is -2.83. The lowest BCUT2D eigenvalue weighted by Gasteiger charge is -2.70. The molecule has 1 aromatic carbocycles. The van der Waals surface area contributed by atoms with Crippen molar-refractivity contribution in [2.75, 3.05) is 39.7 Å². The molecule has 0 radical (unpaired) electrons. The SMILES string of the molecule is Br.CCN1C[C@]2(OC(=O)c3ccccc3NC(C)=O)CC[C@H](OC)[C@]34C1[C@H](CC23)[C@@]1(O)C[C@H](OC)C2CC4[C@]1(O)[C@H]2OC. The third-order valence-corrected chi connectivity index (χ3v) is 12.6. The number of amides is 1. The van der Waals surface area contributed by atoms with Crippen LogP contribution < -0.4 is 5.32 Å². The molecule has 0 aromatic heterocycles. The fourth-order valence-electron chi connectivity index (χ4n) is 11.6. The average Bonchev–Trinajstić information content (AvgIpc) is 3.39. The fraction of sp³-hybridized carbons (Fsp3) is 0.750. The van der Waals surface area contributed by atoms with Crippen molar-refractivity contribution in [2.45, 2.75) is 87.1 Å². The standard InChI is InChI=1S/C32H44N2O8.BrH/c1-6-34-16-29(42-28(36)18-9-7-8-10-21(18)33-17(2)35)12-11-25(40-4)31-23(29)14-20(26(31)34)30(37)15-22(39-3)19-13-24(31)32(30,38)27(19)41-5;/h7-10,19-20,22-27,37-38H,6,11-16H2,1-5H3,(H,33,35);1H/t19?,20-,22-,23?,24?,25-,26?,27-,29+,30-,31-,32-;/m0./s1. The molecule has 1 aromatic rings. The first-order valence-corrected chi connectivity index (χ1v) is 15.4. The van der Waals surface area contributed by atoms with E-state index in [4.69, 9.17) is 18.9 Å². The molecule has 11 heteroatoms. The molecule has 6 aliphatic rings. The Morgan fingerprint density at radius 3 is 2.47 bits per heavy atom. The Kier molecular flexibility index (Phi) is 7.64. The number of benzene rings is 1. The van der Waals surface area contributed by atoms with Crippen LogP contribution in [0.2, 0.25) is 0 Å². The number of esters is 1. The largest absolute Gasteiger partial charge is 0.454 e. The van der Waals surface area contributed by atoms with Crippen LogP contribution in [0.3, 0.4) is 0 Å². The zero-order chi connectivity index (χ0) is 29.8. The van der Waals surface area contributed by atoms with E-state index >= 15 is 0 Å². The number of likely N-dealkylation sites (tertiary alicyclic amines) is 1. The van der Waals surface area contributed by atoms with Gasteiger partial charge in [-0.2, -0.15) is 0 Å². The molecule has 12 atom stereocenters. The highest BCUT2D eigenvalue weighted by atomic mass is 79.9. The number of anilines is 1. The highest BCUT2D eigenvalue weighted by Crippen LogP contribution is 2.79. The van der Waals surface area contributed by atoms with Gasteiger partial charge in [-0.05, 0) is 44.4 Å². The van der Waals surface area contributed by atoms with Crippen molar-refractivity contribution in [3.63, 3.8) is 0 Å². The number of rotatable bonds is 7. The maximum Gasteiger partial charge on any atom is 0.340 e. The quantitative estimate of drug-likeness (QED) is 0.377. The molecule has 1 saturated heterocycles. The van der Waals surface area contributed by atoms with Crippen molar-refractivity contribution < 1.29 is 38.7 Å². The summed E-state index contributed by atoms with van der Waals surface area (Å²) < 4.78 is 25.1. The minimum Gasteiger partial charge on any atom is -0.454 e. The van der Waals surface area contributed by atoms with E-state index in [0.29, 0.717) is 56.4 Å². The minimum absolute atomic E-state index is 0. The molecular formula is C32H45BrN2O8. The second-order valence-corrected chi connectivity index (χ2v) is 13.7. The minimum atomic E-state index is -1.48. The molecular weight excluding hydrogens is 620 g/mol. The van der Waals surface area contributed by atoms with Crippen molar-refractivity contribution in [3.05, 3.63) is 29.8 Å². The zero-order valence-electron chi connectivity index (χ0n) is 25.6. The number of carbonyl (C=O) groups is 2. The van der Waals surface area contributed by atoms with Gasteiger partial charge in [0.25, 0.3) is 0 Å². The number of nitrogens with one attached hydrogen (secondary N) is 1. The smallest absolute Gasteiger partial charge is 0.340 e. The fourth-order valence-corrected chi connectivity index (χ4v) is 11.6. The molecule has 7 bridgehead atoms. The van der Waals surface area contributed by atoms with Gasteiger partial charge in [0.2, 0.25) is 5.91 Å². The van der Waals surface area contributed by atoms with Crippen LogP contribution in [0.5, 0.6) is 0 Å². The first-order chi connectivity index (χ1) is 20.1. The monoisotopic (exact) mass is 664 g/mol. The summed E-state index contributed by atoms with van der Waals surface area (Å²) in [6, 6.07) is 6.89. The van der Waals surface area contributed by atoms with Crippen LogP contribution in [0.25, 0.3) is 0 Å². The highest BCUT2D eigenvalue weighted by molar-refractivity contribution is 8.93. The number of halogens is 1. The molecule has 6 fully saturated rings. The van der Waals surface area contributed by atoms with E-state index in [1.165, 1.54) is 6.92 Å². The highest BCUT2D eigenvalue weighted by Gasteiger charge is 2.89. The topological polar surface area (TPSA) is 127 Å². The van der Waals surface area contributed by atoms with Gasteiger partial charge in [0.15, 0.2) is 0 Å². The predicted molar refractivity (Wildman–Crippen MR) is 162 cm³/mol. The van der Waals surface area contributed by atoms with Crippen LogP contribution in [0, 0.1) is 29.1 Å². The maximum atomic E-state index is 14.0. The number of aliphatic hydroxyl groups is 2. The Bertz CT molecular complexity index is 1300. The Hall–Kier alpha value is -1.60. The Morgan fingerprint density at radius 1 is 1.07 bits per heavy atom. The second kappa shape index (κ2) is 10.5. The number of carbonyl (C=O) groups excluding carboxylic acids is 2. The number of piperidine rings is 1. The van der Waals surface area contributed by atoms with Gasteiger partial charge in [0, 0.05) is 76.3 Å². The number of methoxy groups -OCH3 is 3. The van der Waals surface area contributed by atoms with E-state index in [1.807, 2.05) is 0 Å². The van der Waals surface area contributed by atoms with Crippen molar-refractivity contribution in [1.82, 2.24) is 4.90 Å². The average molecular weight is 666 g/mol. The number of nitrogens with zero attached hydrogens (tertiary/aromatic N) is 1. The maximum absolute atomic E-state index is 14.0. The van der Waals surface area contributed by atoms with E-state index in [9.17, 15) is 19.8 Å². The van der Waals surface area contributed by atoms with Gasteiger partial charge in [-0.15, -0.1) is 17.0 Å². The van der Waals surface area contributed by atoms with Crippen LogP contribution in [-0.4, -0.2) is 103 Å². The van der Waals surface area contributed by atoms with Crippen LogP contribution in [0.4, 0.5) is 5.69 Å². The van der Waals surface area contributed by atoms with Crippen molar-refractivity contribution in [3.8, 4) is 0 Å². The first-order valence-electron chi connectivity index (χ1n) is 15.4. The number of ether oxygens (including phenoxy) is 4. The Labute approximate surface area is 263 Å². The van der Waals surface area contributed by atoms with Crippen LogP contribution in [-0.2, 0) is 23.7 Å². The number of hydrogen-bond donors (Lipinski definition) is 3. The molecule has 7 rings (SSSR count). The van der Waals surface area contributed by atoms with Crippen LogP contribution in [0.1, 0.15) is 56.3 Å². The van der Waals surface area contributed by atoms with Gasteiger partial charge in [0.1, 0.15) is 16.8 Å². The van der Waals surface area contributed by atoms with Gasteiger partial charge in [-0.1, -0.05) is 19.1 Å². The van der Waals surface area contributed by atoms with Crippen LogP contribution in [0.15, 0.2) is 24.3 Å². The summed E-state index contributed by atoms with van der Waals surface area (Å²) in [4.78, 5) is 28.3. The van der Waals surface area contributed by atoms with E-state index in [1.54, 1.807) is 45.6 Å². The molecule has 1 heterocycles. The Balaban J connectivity index is 0.00000329. The summed E-state index contributed by atoms with van der Waals surface area (Å²) >= 11 is 0. The predicted octanol–water partition coefficient (Wildman–Crippen LogP) is 2.80. The first kappa shape index (κ1) is 31.4. The number of fused-ring (bicyclic) bond motifs is 2. The molecule has 5 saturated carbocycles. The lowest BCUT2D eigenvalue weighted by atomic mass is 9.44. The second-order valence-electron chi connectivity index (χ2n) is 13.7. The van der Waals surface area contributed by atoms with Gasteiger partial charge in [-0.25, -0.2) is 4.79 Å². The summed E-state index contributed by atoms with van der Waals surface area (Å²) in [6.45, 7) is 4.79. The van der Waals surface area contributed by atoms with Gasteiger partial charge >= 0.3 is 5.97 Å². The van der Waals surface area contributed by atoms with Gasteiger partial charge in [0.05, 0.1) is 29.6 Å². The van der Waals surface area contributed by atoms with Gasteiger partial charge < -0.3 is 34.5 Å². The molecule has 1 amide bonds. The summed E-state index contributed by atoms with van der Waals surface area (Å²) in [7, 11) is 5.05. The summed E-state index contributed by atoms with van der Waals surface area (Å²) in [5.41, 5.74) is -3.57. The third-order valence-electron chi connectivity index (χ3n) is 12.6. The zero-order valence-corrected chi connectivity index (χ0v) is 27.3. The summed E-state index contributed by atoms with van der Waals surface area (Å²) in [5, 5.41) is 28.4. The number of para-hydroxylation sites is 1. The van der Waals surface area contributed by atoms with Crippen molar-refractivity contribution in [2.24, 2.45) is 29.1 Å². The Morgan fingerprint density at radius 2 is 1.81 bits per heavy atom.